The van der Waals surface area contributed by atoms with Crippen LogP contribution in [0.1, 0.15) is 171 Å². The second-order valence-corrected chi connectivity index (χ2v) is 32.8. The summed E-state index contributed by atoms with van der Waals surface area (Å²) in [7, 11) is 0. The maximum absolute atomic E-state index is 12.8. The number of aliphatic hydroxyl groups excluding tert-OH is 1. The Morgan fingerprint density at radius 1 is 0.407 bits per heavy atom. The molecule has 25 nitrogen and oxygen atoms in total. The smallest absolute Gasteiger partial charge is 0.421 e. The summed E-state index contributed by atoms with van der Waals surface area (Å²) in [6.07, 6.45) is -66.7. The van der Waals surface area contributed by atoms with E-state index >= 15 is 0 Å². The van der Waals surface area contributed by atoms with Gasteiger partial charge in [-0.25, -0.2) is 28.8 Å². The molecule has 3 aliphatic rings. The number of aliphatic carboxylic acids is 2. The van der Waals surface area contributed by atoms with Crippen LogP contribution in [0.3, 0.4) is 0 Å². The lowest BCUT2D eigenvalue weighted by molar-refractivity contribution is -0.289. The second kappa shape index (κ2) is 43.9. The number of carbonyl (C=O) groups is 8. The number of carbonyl (C=O) groups excluding carboxylic acids is 6. The van der Waals surface area contributed by atoms with Crippen LogP contribution in [0.15, 0.2) is 11.6 Å². The van der Waals surface area contributed by atoms with Gasteiger partial charge < -0.3 is 74.4 Å². The first-order valence-corrected chi connectivity index (χ1v) is 34.9. The number of halogens is 31. The van der Waals surface area contributed by atoms with E-state index < -0.39 is 260 Å². The lowest BCUT2D eigenvalue weighted by Gasteiger charge is -2.36. The normalized spacial score (nSPS) is 18.8. The van der Waals surface area contributed by atoms with Gasteiger partial charge in [0.25, 0.3) is 0 Å². The number of carboxylic acid groups (broad SMARTS) is 2. The summed E-state index contributed by atoms with van der Waals surface area (Å²) >= 11 is 0. The molecule has 728 valence electrons. The summed E-state index contributed by atoms with van der Waals surface area (Å²) in [5.41, 5.74) is -6.22. The SMILES string of the molecule is CC(C)(C)OC(=O)N1[C@@H](C=C(C(F)(F)F)C(F)(F)F)COC1(C)C.CC(C)(C)OC(=O)N1[C@@H](C=O)COC1(C)C.CC(C)(C)OC(=O)N1[C@@H](CC(C(F)(F)F)C(F)(F)F)COC1(C)C.CC(C)(C)OC(=O)NC(CC(C(F)(F)F)C(F)(F)F)C(=O)O.CC(C)(C)OC(=O)N[C@H](CO)CC(C(F)(F)F)C(F)(F)F.Cl.NC(CC(C(F)(F)F)C(F)(F)F)C(=O)O. The highest BCUT2D eigenvalue weighted by Crippen LogP contribution is 2.48. The molecular formula is C67H99ClF30N6O19. The fraction of sp³-hybridized carbons (Fsp3) is 0.851. The molecule has 7 N–H and O–H groups in total. The average molecular weight is 1900 g/mol. The first-order valence-electron chi connectivity index (χ1n) is 34.9. The molecule has 5 amide bonds. The van der Waals surface area contributed by atoms with Crippen molar-refractivity contribution in [2.45, 2.75) is 314 Å². The number of hydrogen-bond acceptors (Lipinski definition) is 18. The molecule has 3 aliphatic heterocycles. The van der Waals surface area contributed by atoms with Gasteiger partial charge in [0.05, 0.1) is 44.6 Å². The number of ether oxygens (including phenoxy) is 8. The predicted octanol–water partition coefficient (Wildman–Crippen LogP) is 18.5. The van der Waals surface area contributed by atoms with E-state index in [0.717, 1.165) is 9.80 Å². The molecule has 3 heterocycles. The standard InChI is InChI=1S/C14H21F6NO3.C14H19F6NO3.C11H15F6NO4.C11H17F6NO3.C11H19NO4.C6H7F6NO2.ClH/c2*1-11(2,3)24-10(22)21-8(7-23-12(21,4)5)6-9(13(15,16)17)14(18,19)20;1-9(2,3)22-8(21)18-5(7(19)20)4-6(10(12,13)14)11(15,16)17;1-9(2,3)21-8(20)18-6(5-19)4-7(10(12,13)14)11(15,16)17;1-10(2,3)16-9(14)12-8(6-13)7-15-11(12,4)5;7-5(8,9)3(6(10,11)12)1-2(13)4(14)15;/h8-9H,6-7H2,1-5H3;6,8H,7H2,1-5H3;5-6H,4H2,1-3H3,(H,18,21)(H,19,20);6-7,19H,4-5H2,1-3H3,(H,18,20);6,8H,7H2,1-5H3;2-3H,1,13H2,(H,14,15);1H/t2*8-;;6-;8-;;/m00.00../s1. The van der Waals surface area contributed by atoms with Gasteiger partial charge in [-0.15, -0.1) is 12.4 Å². The Morgan fingerprint density at radius 3 is 0.951 bits per heavy atom. The van der Waals surface area contributed by atoms with E-state index in [9.17, 15) is 170 Å². The number of alkyl halides is 30. The minimum atomic E-state index is -5.69. The Morgan fingerprint density at radius 2 is 0.675 bits per heavy atom. The topological polar surface area (TPSA) is 331 Å². The van der Waals surface area contributed by atoms with Crippen molar-refractivity contribution in [2.75, 3.05) is 26.4 Å². The van der Waals surface area contributed by atoms with E-state index in [1.54, 1.807) is 39.9 Å². The van der Waals surface area contributed by atoms with Crippen molar-refractivity contribution in [1.29, 1.82) is 0 Å². The fourth-order valence-corrected chi connectivity index (χ4v) is 9.78. The molecule has 0 aromatic rings. The van der Waals surface area contributed by atoms with Crippen LogP contribution in [0.2, 0.25) is 0 Å². The number of aliphatic hydroxyl groups is 1. The van der Waals surface area contributed by atoms with E-state index in [0.29, 0.717) is 6.29 Å². The van der Waals surface area contributed by atoms with Gasteiger partial charge in [0, 0.05) is 0 Å². The van der Waals surface area contributed by atoms with Gasteiger partial charge in [-0.3, -0.25) is 19.5 Å². The van der Waals surface area contributed by atoms with Crippen molar-refractivity contribution >= 4 is 61.1 Å². The van der Waals surface area contributed by atoms with Gasteiger partial charge in [0.2, 0.25) is 0 Å². The zero-order valence-corrected chi connectivity index (χ0v) is 69.9. The minimum Gasteiger partial charge on any atom is -0.480 e. The van der Waals surface area contributed by atoms with Crippen molar-refractivity contribution in [3.05, 3.63) is 11.6 Å². The summed E-state index contributed by atoms with van der Waals surface area (Å²) in [6.45, 7) is 30.2. The maximum atomic E-state index is 12.8. The summed E-state index contributed by atoms with van der Waals surface area (Å²) < 4.78 is 413. The molecule has 2 unspecified atom stereocenters. The number of nitrogens with one attached hydrogen (secondary N) is 2. The number of carboxylic acids is 2. The first-order chi connectivity index (χ1) is 53.2. The Bertz CT molecular complexity index is 3330. The number of aldehydes is 1. The molecule has 0 spiro atoms. The fourth-order valence-electron chi connectivity index (χ4n) is 9.78. The monoisotopic (exact) mass is 1900 g/mol. The highest BCUT2D eigenvalue weighted by molar-refractivity contribution is 5.85. The second-order valence-electron chi connectivity index (χ2n) is 32.8. The third kappa shape index (κ3) is 46.1. The highest BCUT2D eigenvalue weighted by Gasteiger charge is 2.63. The lowest BCUT2D eigenvalue weighted by atomic mass is 9.98. The Hall–Kier alpha value is -7.31. The van der Waals surface area contributed by atoms with Crippen molar-refractivity contribution in [3.8, 4) is 0 Å². The highest BCUT2D eigenvalue weighted by atomic mass is 35.5. The van der Waals surface area contributed by atoms with Crippen LogP contribution in [0.5, 0.6) is 0 Å². The average Bonchev–Trinajstić information content (AvgIpc) is 1.67. The minimum absolute atomic E-state index is 0. The van der Waals surface area contributed by atoms with Crippen molar-refractivity contribution in [2.24, 2.45) is 29.4 Å². The van der Waals surface area contributed by atoms with E-state index in [2.05, 4.69) is 10.5 Å². The van der Waals surface area contributed by atoms with Crippen LogP contribution in [0.25, 0.3) is 0 Å². The number of nitrogens with zero attached hydrogens (tertiary/aromatic N) is 3. The van der Waals surface area contributed by atoms with Crippen LogP contribution in [0.4, 0.5) is 156 Å². The quantitative estimate of drug-likeness (QED) is 0.0384. The Kier molecular flexibility index (Phi) is 43.6. The molecule has 3 rings (SSSR count). The van der Waals surface area contributed by atoms with Gasteiger partial charge in [-0.1, -0.05) is 0 Å². The van der Waals surface area contributed by atoms with Crippen LogP contribution < -0.4 is 16.4 Å². The Balaban J connectivity index is -0.000000695. The predicted molar refractivity (Wildman–Crippen MR) is 367 cm³/mol. The molecule has 3 fully saturated rings. The molecule has 0 aliphatic carbocycles. The molecule has 3 saturated heterocycles. The zero-order chi connectivity index (χ0) is 98.3. The number of hydrogen-bond donors (Lipinski definition) is 6. The van der Waals surface area contributed by atoms with Crippen molar-refractivity contribution in [1.82, 2.24) is 25.3 Å². The molecule has 56 heteroatoms. The van der Waals surface area contributed by atoms with Crippen LogP contribution in [-0.4, -0.2) is 248 Å². The summed E-state index contributed by atoms with van der Waals surface area (Å²) in [6, 6.07) is -9.85. The van der Waals surface area contributed by atoms with E-state index in [1.807, 2.05) is 0 Å². The molecule has 0 radical (unpaired) electrons. The maximum Gasteiger partial charge on any atom is 0.421 e. The van der Waals surface area contributed by atoms with Gasteiger partial charge in [-0.05, 0) is 177 Å². The first kappa shape index (κ1) is 122. The van der Waals surface area contributed by atoms with Gasteiger partial charge in [0.15, 0.2) is 23.7 Å². The van der Waals surface area contributed by atoms with Crippen LogP contribution in [-0.2, 0) is 52.3 Å². The molecule has 6 atom stereocenters. The lowest BCUT2D eigenvalue weighted by Crippen LogP contribution is -2.51. The van der Waals surface area contributed by atoms with E-state index in [4.69, 9.17) is 48.5 Å². The molecule has 0 aromatic carbocycles. The summed E-state index contributed by atoms with van der Waals surface area (Å²) in [4.78, 5) is 93.5. The number of allylic oxidation sites excluding steroid dienone is 1. The molecule has 0 bridgehead atoms. The van der Waals surface area contributed by atoms with E-state index in [-0.39, 0.29) is 25.1 Å². The molecule has 123 heavy (non-hydrogen) atoms. The number of rotatable bonds is 15. The van der Waals surface area contributed by atoms with Gasteiger partial charge in [-0.2, -0.15) is 132 Å². The van der Waals surface area contributed by atoms with Crippen molar-refractivity contribution < 1.29 is 223 Å². The number of alkyl carbamates (subject to hydrolysis) is 2. The Labute approximate surface area is 690 Å². The zero-order valence-electron chi connectivity index (χ0n) is 69.1. The summed E-state index contributed by atoms with van der Waals surface area (Å²) in [5, 5.41) is 28.9. The van der Waals surface area contributed by atoms with Gasteiger partial charge >= 0.3 is 104 Å². The van der Waals surface area contributed by atoms with E-state index in [1.165, 1.54) is 121 Å². The number of amides is 5. The number of nitrogens with two attached hydrogens (primary N) is 1. The van der Waals surface area contributed by atoms with Gasteiger partial charge in [0.1, 0.15) is 75.2 Å². The molecular weight excluding hydrogens is 1800 g/mol. The van der Waals surface area contributed by atoms with Crippen molar-refractivity contribution in [3.63, 3.8) is 0 Å². The molecule has 0 saturated carbocycles. The third-order valence-electron chi connectivity index (χ3n) is 14.9. The van der Waals surface area contributed by atoms with Crippen LogP contribution in [0, 0.1) is 23.7 Å². The summed E-state index contributed by atoms with van der Waals surface area (Å²) in [5.74, 6) is -18.7. The third-order valence-corrected chi connectivity index (χ3v) is 14.9. The van der Waals surface area contributed by atoms with Crippen LogP contribution >= 0.6 is 12.4 Å². The molecule has 0 aromatic heterocycles. The largest absolute Gasteiger partial charge is 0.480 e.